The molecule has 0 radical (unpaired) electrons. The Balaban J connectivity index is 1.39. The second kappa shape index (κ2) is 6.79. The third-order valence-electron chi connectivity index (χ3n) is 5.97. The normalized spacial score (nSPS) is 38.0. The van der Waals surface area contributed by atoms with E-state index in [0.717, 1.165) is 29.6 Å². The van der Waals surface area contributed by atoms with Crippen LogP contribution in [0.1, 0.15) is 52.4 Å². The minimum Gasteiger partial charge on any atom is -0.316 e. The first-order valence-electron chi connectivity index (χ1n) is 9.13. The maximum atomic E-state index is 3.67. The molecule has 0 aromatic heterocycles. The van der Waals surface area contributed by atoms with Gasteiger partial charge < -0.3 is 10.2 Å². The van der Waals surface area contributed by atoms with E-state index < -0.39 is 0 Å². The third-order valence-corrected chi connectivity index (χ3v) is 5.97. The lowest BCUT2D eigenvalue weighted by molar-refractivity contribution is 0.130. The number of piperidine rings is 1. The van der Waals surface area contributed by atoms with Gasteiger partial charge >= 0.3 is 0 Å². The SMILES string of the molecule is CC(C)CNCC1CCCN(CC2CC3CCC2C3)C1. The highest BCUT2D eigenvalue weighted by Crippen LogP contribution is 2.48. The summed E-state index contributed by atoms with van der Waals surface area (Å²) in [6.45, 7) is 11.2. The third kappa shape index (κ3) is 3.76. The highest BCUT2D eigenvalue weighted by atomic mass is 15.1. The number of hydrogen-bond acceptors (Lipinski definition) is 2. The number of hydrogen-bond donors (Lipinski definition) is 1. The first-order chi connectivity index (χ1) is 9.70. The van der Waals surface area contributed by atoms with Crippen molar-refractivity contribution in [3.63, 3.8) is 0 Å². The van der Waals surface area contributed by atoms with Crippen molar-refractivity contribution in [3.8, 4) is 0 Å². The Hall–Kier alpha value is -0.0800. The van der Waals surface area contributed by atoms with Gasteiger partial charge in [-0.25, -0.2) is 0 Å². The van der Waals surface area contributed by atoms with Gasteiger partial charge in [-0.2, -0.15) is 0 Å². The molecule has 1 saturated heterocycles. The Bertz CT molecular complexity index is 302. The van der Waals surface area contributed by atoms with Crippen molar-refractivity contribution < 1.29 is 0 Å². The summed E-state index contributed by atoms with van der Waals surface area (Å²) >= 11 is 0. The van der Waals surface area contributed by atoms with E-state index in [4.69, 9.17) is 0 Å². The van der Waals surface area contributed by atoms with E-state index in [9.17, 15) is 0 Å². The van der Waals surface area contributed by atoms with E-state index in [1.165, 1.54) is 45.6 Å². The molecule has 0 aromatic rings. The lowest BCUT2D eigenvalue weighted by atomic mass is 9.87. The lowest BCUT2D eigenvalue weighted by Gasteiger charge is -2.36. The standard InChI is InChI=1S/C18H34N2/c1-14(2)10-19-11-16-4-3-7-20(12-16)13-18-9-15-5-6-17(18)8-15/h14-19H,3-13H2,1-2H3. The highest BCUT2D eigenvalue weighted by Gasteiger charge is 2.40. The summed E-state index contributed by atoms with van der Waals surface area (Å²) in [6.07, 6.45) is 9.08. The molecule has 2 bridgehead atoms. The van der Waals surface area contributed by atoms with Crippen LogP contribution < -0.4 is 5.32 Å². The molecule has 4 atom stereocenters. The van der Waals surface area contributed by atoms with Crippen LogP contribution in [0.3, 0.4) is 0 Å². The van der Waals surface area contributed by atoms with E-state index in [2.05, 4.69) is 24.1 Å². The first kappa shape index (κ1) is 14.8. The summed E-state index contributed by atoms with van der Waals surface area (Å²) in [4.78, 5) is 2.80. The van der Waals surface area contributed by atoms with Gasteiger partial charge in [0.05, 0.1) is 0 Å². The molecule has 116 valence electrons. The molecular weight excluding hydrogens is 244 g/mol. The van der Waals surface area contributed by atoms with E-state index in [1.807, 2.05) is 0 Å². The average molecular weight is 278 g/mol. The predicted octanol–water partition coefficient (Wildman–Crippen LogP) is 3.38. The second-order valence-electron chi connectivity index (χ2n) is 8.25. The summed E-state index contributed by atoms with van der Waals surface area (Å²) < 4.78 is 0. The molecule has 0 aromatic carbocycles. The fourth-order valence-corrected chi connectivity index (χ4v) is 4.99. The minimum atomic E-state index is 0.781. The zero-order valence-corrected chi connectivity index (χ0v) is 13.6. The molecule has 2 nitrogen and oxygen atoms in total. The maximum absolute atomic E-state index is 3.67. The molecule has 1 aliphatic heterocycles. The van der Waals surface area contributed by atoms with Crippen LogP contribution in [0, 0.1) is 29.6 Å². The van der Waals surface area contributed by atoms with Crippen molar-refractivity contribution in [2.75, 3.05) is 32.7 Å². The van der Waals surface area contributed by atoms with Crippen LogP contribution in [0.5, 0.6) is 0 Å². The number of rotatable bonds is 6. The molecule has 1 N–H and O–H groups in total. The van der Waals surface area contributed by atoms with Crippen LogP contribution in [0.15, 0.2) is 0 Å². The Morgan fingerprint density at radius 2 is 2.05 bits per heavy atom. The van der Waals surface area contributed by atoms with Crippen LogP contribution >= 0.6 is 0 Å². The molecule has 2 saturated carbocycles. The van der Waals surface area contributed by atoms with Gasteiger partial charge in [-0.05, 0) is 81.3 Å². The second-order valence-corrected chi connectivity index (χ2v) is 8.25. The van der Waals surface area contributed by atoms with Crippen molar-refractivity contribution in [2.24, 2.45) is 29.6 Å². The molecule has 3 fully saturated rings. The Kier molecular flexibility index (Phi) is 5.04. The van der Waals surface area contributed by atoms with E-state index in [-0.39, 0.29) is 0 Å². The number of nitrogens with one attached hydrogen (secondary N) is 1. The van der Waals surface area contributed by atoms with Gasteiger partial charge in [-0.15, -0.1) is 0 Å². The molecule has 0 spiro atoms. The van der Waals surface area contributed by atoms with Crippen molar-refractivity contribution in [3.05, 3.63) is 0 Å². The molecule has 1 heterocycles. The number of fused-ring (bicyclic) bond motifs is 2. The van der Waals surface area contributed by atoms with Crippen LogP contribution in [-0.2, 0) is 0 Å². The Labute approximate surface area is 125 Å². The zero-order valence-electron chi connectivity index (χ0n) is 13.6. The molecule has 4 unspecified atom stereocenters. The molecule has 20 heavy (non-hydrogen) atoms. The molecule has 2 aliphatic carbocycles. The summed E-state index contributed by atoms with van der Waals surface area (Å²) in [6, 6.07) is 0. The Morgan fingerprint density at radius 1 is 1.15 bits per heavy atom. The van der Waals surface area contributed by atoms with Gasteiger partial charge in [0, 0.05) is 13.1 Å². The van der Waals surface area contributed by atoms with Crippen LogP contribution in [0.25, 0.3) is 0 Å². The fraction of sp³-hybridized carbons (Fsp3) is 1.00. The molecule has 3 aliphatic rings. The predicted molar refractivity (Wildman–Crippen MR) is 85.8 cm³/mol. The monoisotopic (exact) mass is 278 g/mol. The topological polar surface area (TPSA) is 15.3 Å². The molecular formula is C18H34N2. The summed E-state index contributed by atoms with van der Waals surface area (Å²) in [5, 5.41) is 3.67. The van der Waals surface area contributed by atoms with E-state index in [1.54, 1.807) is 25.7 Å². The van der Waals surface area contributed by atoms with Crippen LogP contribution in [0.4, 0.5) is 0 Å². The van der Waals surface area contributed by atoms with Crippen molar-refractivity contribution in [1.29, 1.82) is 0 Å². The van der Waals surface area contributed by atoms with Gasteiger partial charge in [-0.1, -0.05) is 20.3 Å². The van der Waals surface area contributed by atoms with Gasteiger partial charge in [-0.3, -0.25) is 0 Å². The van der Waals surface area contributed by atoms with Crippen LogP contribution in [-0.4, -0.2) is 37.6 Å². The van der Waals surface area contributed by atoms with Crippen molar-refractivity contribution in [1.82, 2.24) is 10.2 Å². The maximum Gasteiger partial charge on any atom is 0.00219 e. The zero-order chi connectivity index (χ0) is 13.9. The lowest BCUT2D eigenvalue weighted by Crippen LogP contribution is -2.42. The molecule has 0 amide bonds. The summed E-state index contributed by atoms with van der Waals surface area (Å²) in [7, 11) is 0. The smallest absolute Gasteiger partial charge is 0.00219 e. The average Bonchev–Trinajstić information content (AvgIpc) is 3.01. The van der Waals surface area contributed by atoms with E-state index in [0.29, 0.717) is 0 Å². The summed E-state index contributed by atoms with van der Waals surface area (Å²) in [5.74, 6) is 4.94. The molecule has 3 rings (SSSR count). The van der Waals surface area contributed by atoms with Gasteiger partial charge in [0.25, 0.3) is 0 Å². The van der Waals surface area contributed by atoms with Gasteiger partial charge in [0.2, 0.25) is 0 Å². The largest absolute Gasteiger partial charge is 0.316 e. The minimum absolute atomic E-state index is 0.781. The van der Waals surface area contributed by atoms with Gasteiger partial charge in [0.15, 0.2) is 0 Å². The summed E-state index contributed by atoms with van der Waals surface area (Å²) in [5.41, 5.74) is 0. The van der Waals surface area contributed by atoms with Crippen molar-refractivity contribution >= 4 is 0 Å². The van der Waals surface area contributed by atoms with E-state index >= 15 is 0 Å². The van der Waals surface area contributed by atoms with Crippen molar-refractivity contribution in [2.45, 2.75) is 52.4 Å². The quantitative estimate of drug-likeness (QED) is 0.801. The Morgan fingerprint density at radius 3 is 2.75 bits per heavy atom. The van der Waals surface area contributed by atoms with Gasteiger partial charge in [0.1, 0.15) is 0 Å². The fourth-order valence-electron chi connectivity index (χ4n) is 4.99. The number of nitrogens with zero attached hydrogens (tertiary/aromatic N) is 1. The highest BCUT2D eigenvalue weighted by molar-refractivity contribution is 4.91. The first-order valence-corrected chi connectivity index (χ1v) is 9.13. The molecule has 2 heteroatoms. The van der Waals surface area contributed by atoms with Crippen LogP contribution in [0.2, 0.25) is 0 Å². The number of likely N-dealkylation sites (tertiary alicyclic amines) is 1.